The summed E-state index contributed by atoms with van der Waals surface area (Å²) in [5.41, 5.74) is 0. The molecule has 0 aromatic heterocycles. The van der Waals surface area contributed by atoms with Crippen molar-refractivity contribution >= 4 is 17.6 Å². The largest absolute Gasteiger partial charge is 0.445 e. The topological polar surface area (TPSA) is 44.8 Å². The van der Waals surface area contributed by atoms with Crippen molar-refractivity contribution in [1.29, 1.82) is 0 Å². The van der Waals surface area contributed by atoms with Gasteiger partial charge in [0.05, 0.1) is 0 Å². The number of methoxy groups -OCH3 is 2. The molecule has 0 spiro atoms. The summed E-state index contributed by atoms with van der Waals surface area (Å²) in [6, 6.07) is -0.207. The maximum Gasteiger partial charge on any atom is 0.367 e. The normalized spacial score (nSPS) is 11.3. The van der Waals surface area contributed by atoms with Crippen LogP contribution < -0.4 is 0 Å². The number of halogens is 1. The Bertz CT molecular complexity index is 133. The molecule has 66 valence electrons. The monoisotopic (exact) mass is 182 g/mol. The maximum atomic E-state index is 11.0. The van der Waals surface area contributed by atoms with Gasteiger partial charge in [-0.25, -0.2) is 4.79 Å². The minimum absolute atomic E-state index is 0.207. The van der Waals surface area contributed by atoms with E-state index in [9.17, 15) is 4.79 Å². The third-order valence-electron chi connectivity index (χ3n) is 1.34. The molecule has 0 atom stereocenters. The van der Waals surface area contributed by atoms with Gasteiger partial charge in [-0.05, 0) is 0 Å². The number of ether oxygens (including phenoxy) is 3. The van der Waals surface area contributed by atoms with Gasteiger partial charge in [-0.15, -0.1) is 0 Å². The smallest absolute Gasteiger partial charge is 0.367 e. The summed E-state index contributed by atoms with van der Waals surface area (Å²) in [5.74, 6) is -1.99. The van der Waals surface area contributed by atoms with Crippen LogP contribution in [-0.2, 0) is 19.0 Å². The van der Waals surface area contributed by atoms with Gasteiger partial charge in [0.15, 0.2) is 6.07 Å². The van der Waals surface area contributed by atoms with E-state index in [0.29, 0.717) is 0 Å². The highest BCUT2D eigenvalue weighted by molar-refractivity contribution is 6.17. The van der Waals surface area contributed by atoms with Crippen molar-refractivity contribution in [2.24, 2.45) is 0 Å². The van der Waals surface area contributed by atoms with Crippen molar-refractivity contribution in [2.45, 2.75) is 12.7 Å². The second-order valence-electron chi connectivity index (χ2n) is 1.89. The first-order chi connectivity index (χ1) is 5.10. The van der Waals surface area contributed by atoms with Crippen LogP contribution in [-0.4, -0.2) is 32.0 Å². The average molecular weight is 183 g/mol. The summed E-state index contributed by atoms with van der Waals surface area (Å²) in [7, 11) is 2.69. The van der Waals surface area contributed by atoms with Crippen molar-refractivity contribution in [1.82, 2.24) is 0 Å². The van der Waals surface area contributed by atoms with Crippen molar-refractivity contribution in [3.63, 3.8) is 0 Å². The molecule has 0 aromatic rings. The van der Waals surface area contributed by atoms with E-state index in [1.165, 1.54) is 21.1 Å². The molecule has 0 heterocycles. The summed E-state index contributed by atoms with van der Waals surface area (Å²) in [6.07, 6.45) is 0. The zero-order chi connectivity index (χ0) is 8.91. The molecule has 0 aliphatic carbocycles. The molecule has 0 rings (SSSR count). The minimum Gasteiger partial charge on any atom is -0.445 e. The zero-order valence-electron chi connectivity index (χ0n) is 6.72. The Hall–Kier alpha value is -0.320. The molecule has 0 fully saturated rings. The molecule has 0 bridgehead atoms. The lowest BCUT2D eigenvalue weighted by Crippen LogP contribution is -2.40. The lowest BCUT2D eigenvalue weighted by Gasteiger charge is -2.22. The molecule has 0 aromatic carbocycles. The fourth-order valence-corrected chi connectivity index (χ4v) is 0.530. The highest BCUT2D eigenvalue weighted by Gasteiger charge is 2.34. The molecule has 4 nitrogen and oxygen atoms in total. The fraction of sp³-hybridized carbons (Fsp3) is 0.833. The van der Waals surface area contributed by atoms with Gasteiger partial charge in [0.2, 0.25) is 0 Å². The van der Waals surface area contributed by atoms with Crippen molar-refractivity contribution in [3.05, 3.63) is 0 Å². The molecule has 0 unspecified atom stereocenters. The Morgan fingerprint density at radius 3 is 2.18 bits per heavy atom. The Kier molecular flexibility index (Phi) is 4.40. The van der Waals surface area contributed by atoms with Crippen LogP contribution in [0.15, 0.2) is 0 Å². The highest BCUT2D eigenvalue weighted by atomic mass is 35.5. The van der Waals surface area contributed by atoms with E-state index in [0.717, 1.165) is 0 Å². The predicted octanol–water partition coefficient (Wildman–Crippen LogP) is 0.735. The molecule has 0 aliphatic rings. The molecule has 0 N–H and O–H groups in total. The molecule has 5 heteroatoms. The number of carbonyl (C=O) groups is 1. The van der Waals surface area contributed by atoms with Crippen LogP contribution in [0.4, 0.5) is 0 Å². The number of esters is 1. The van der Waals surface area contributed by atoms with E-state index >= 15 is 0 Å². The van der Waals surface area contributed by atoms with Gasteiger partial charge in [-0.2, -0.15) is 0 Å². The van der Waals surface area contributed by atoms with Crippen LogP contribution in [0.3, 0.4) is 0 Å². The van der Waals surface area contributed by atoms with Gasteiger partial charge in [-0.3, -0.25) is 0 Å². The van der Waals surface area contributed by atoms with E-state index in [-0.39, 0.29) is 6.07 Å². The second kappa shape index (κ2) is 4.54. The molecule has 0 radical (unpaired) electrons. The van der Waals surface area contributed by atoms with E-state index in [4.69, 9.17) is 21.1 Å². The standard InChI is InChI=1S/C6H11ClO4/c1-6(9-2,10-3)5(8)11-4-7/h4H2,1-3H3. The number of rotatable bonds is 4. The van der Waals surface area contributed by atoms with Gasteiger partial charge < -0.3 is 14.2 Å². The van der Waals surface area contributed by atoms with Gasteiger partial charge in [0, 0.05) is 21.1 Å². The molecule has 0 saturated heterocycles. The molecule has 0 aliphatic heterocycles. The molecular formula is C6H11ClO4. The lowest BCUT2D eigenvalue weighted by atomic mass is 10.3. The van der Waals surface area contributed by atoms with Crippen LogP contribution in [0.2, 0.25) is 0 Å². The highest BCUT2D eigenvalue weighted by Crippen LogP contribution is 2.11. The summed E-state index contributed by atoms with van der Waals surface area (Å²) < 4.78 is 14.0. The number of alkyl halides is 1. The van der Waals surface area contributed by atoms with Crippen molar-refractivity contribution in [2.75, 3.05) is 20.3 Å². The van der Waals surface area contributed by atoms with Crippen LogP contribution >= 0.6 is 11.6 Å². The quantitative estimate of drug-likeness (QED) is 0.365. The van der Waals surface area contributed by atoms with Gasteiger partial charge in [0.1, 0.15) is 0 Å². The van der Waals surface area contributed by atoms with Crippen molar-refractivity contribution < 1.29 is 19.0 Å². The van der Waals surface area contributed by atoms with Crippen LogP contribution in [0.25, 0.3) is 0 Å². The predicted molar refractivity (Wildman–Crippen MR) is 39.2 cm³/mol. The summed E-state index contributed by atoms with van der Waals surface area (Å²) in [6.45, 7) is 1.45. The summed E-state index contributed by atoms with van der Waals surface area (Å²) in [5, 5.41) is 0. The molecule has 0 amide bonds. The third kappa shape index (κ3) is 2.65. The summed E-state index contributed by atoms with van der Waals surface area (Å²) >= 11 is 5.16. The SMILES string of the molecule is COC(C)(OC)C(=O)OCCl. The Morgan fingerprint density at radius 1 is 1.45 bits per heavy atom. The van der Waals surface area contributed by atoms with Crippen LogP contribution in [0, 0.1) is 0 Å². The van der Waals surface area contributed by atoms with E-state index < -0.39 is 11.8 Å². The van der Waals surface area contributed by atoms with Gasteiger partial charge >= 0.3 is 5.97 Å². The zero-order valence-corrected chi connectivity index (χ0v) is 7.47. The third-order valence-corrected chi connectivity index (χ3v) is 1.44. The van der Waals surface area contributed by atoms with Gasteiger partial charge in [-0.1, -0.05) is 11.6 Å². The van der Waals surface area contributed by atoms with Crippen molar-refractivity contribution in [3.8, 4) is 0 Å². The summed E-state index contributed by atoms with van der Waals surface area (Å²) in [4.78, 5) is 11.0. The van der Waals surface area contributed by atoms with E-state index in [1.807, 2.05) is 0 Å². The van der Waals surface area contributed by atoms with Gasteiger partial charge in [0.25, 0.3) is 5.79 Å². The Labute approximate surface area is 70.4 Å². The molecular weight excluding hydrogens is 172 g/mol. The molecule has 0 saturated carbocycles. The molecule has 11 heavy (non-hydrogen) atoms. The fourth-order valence-electron chi connectivity index (χ4n) is 0.431. The maximum absolute atomic E-state index is 11.0. The Morgan fingerprint density at radius 2 is 1.91 bits per heavy atom. The van der Waals surface area contributed by atoms with Crippen LogP contribution in [0.1, 0.15) is 6.92 Å². The number of carbonyl (C=O) groups excluding carboxylic acids is 1. The first-order valence-corrected chi connectivity index (χ1v) is 3.47. The van der Waals surface area contributed by atoms with E-state index in [2.05, 4.69) is 4.74 Å². The van der Waals surface area contributed by atoms with Crippen LogP contribution in [0.5, 0.6) is 0 Å². The first-order valence-electron chi connectivity index (χ1n) is 2.94. The number of hydrogen-bond acceptors (Lipinski definition) is 4. The second-order valence-corrected chi connectivity index (χ2v) is 2.11. The lowest BCUT2D eigenvalue weighted by molar-refractivity contribution is -0.221. The average Bonchev–Trinajstić information content (AvgIpc) is 2.03. The van der Waals surface area contributed by atoms with E-state index in [1.54, 1.807) is 0 Å². The Balaban J connectivity index is 4.12. The number of hydrogen-bond donors (Lipinski definition) is 0. The first kappa shape index (κ1) is 10.7. The minimum atomic E-state index is -1.35.